The summed E-state index contributed by atoms with van der Waals surface area (Å²) in [5.74, 6) is 0. The maximum absolute atomic E-state index is 2.36. The number of aromatic nitrogens is 1. The lowest BCUT2D eigenvalue weighted by atomic mass is 9.92. The van der Waals surface area contributed by atoms with E-state index in [1.54, 1.807) is 0 Å². The van der Waals surface area contributed by atoms with Gasteiger partial charge in [-0.2, -0.15) is 0 Å². The van der Waals surface area contributed by atoms with E-state index in [1.165, 1.54) is 60.9 Å². The highest BCUT2D eigenvalue weighted by molar-refractivity contribution is 6.09. The van der Waals surface area contributed by atoms with Gasteiger partial charge in [0.2, 0.25) is 0 Å². The van der Waals surface area contributed by atoms with E-state index in [1.807, 2.05) is 0 Å². The molecule has 0 aliphatic heterocycles. The summed E-state index contributed by atoms with van der Waals surface area (Å²) in [4.78, 5) is 0. The van der Waals surface area contributed by atoms with Crippen molar-refractivity contribution in [3.63, 3.8) is 0 Å². The third kappa shape index (κ3) is 3.25. The number of benzene rings is 5. The highest BCUT2D eigenvalue weighted by Gasteiger charge is 2.15. The molecule has 35 heavy (non-hydrogen) atoms. The molecule has 1 heterocycles. The van der Waals surface area contributed by atoms with E-state index in [0.29, 0.717) is 0 Å². The van der Waals surface area contributed by atoms with E-state index < -0.39 is 0 Å². The Hall–Kier alpha value is -4.62. The second kappa shape index (κ2) is 8.00. The molecule has 6 aromatic rings. The van der Waals surface area contributed by atoms with Crippen LogP contribution in [0.5, 0.6) is 0 Å². The van der Waals surface area contributed by atoms with Crippen LogP contribution in [0.2, 0.25) is 0 Å². The molecule has 0 spiro atoms. The fourth-order valence-corrected chi connectivity index (χ4v) is 5.34. The van der Waals surface area contributed by atoms with Gasteiger partial charge in [0.05, 0.1) is 11.0 Å². The van der Waals surface area contributed by atoms with Gasteiger partial charge in [-0.3, -0.25) is 0 Å². The van der Waals surface area contributed by atoms with Crippen molar-refractivity contribution in [3.05, 3.63) is 149 Å². The van der Waals surface area contributed by atoms with Crippen molar-refractivity contribution in [2.24, 2.45) is 0 Å². The summed E-state index contributed by atoms with van der Waals surface area (Å²) in [5.41, 5.74) is 11.1. The molecule has 0 unspecified atom stereocenters. The van der Waals surface area contributed by atoms with Gasteiger partial charge in [0, 0.05) is 16.5 Å². The molecule has 0 atom stereocenters. The van der Waals surface area contributed by atoms with Crippen molar-refractivity contribution in [3.8, 4) is 5.69 Å². The summed E-state index contributed by atoms with van der Waals surface area (Å²) in [6.45, 7) is 0. The van der Waals surface area contributed by atoms with E-state index in [9.17, 15) is 0 Å². The zero-order chi connectivity index (χ0) is 23.2. The van der Waals surface area contributed by atoms with Crippen LogP contribution in [-0.4, -0.2) is 4.57 Å². The standard InChI is InChI=1S/C34H23N/c1-3-11-28-25(9-1)19-20-26-10-2-4-12-29(26)32(28)23-24-17-21-27(22-18-24)35-33-15-7-5-13-30(33)31-14-6-8-16-34(31)35/h1-23H. The number of hydrogen-bond donors (Lipinski definition) is 0. The van der Waals surface area contributed by atoms with Gasteiger partial charge in [-0.05, 0) is 63.7 Å². The van der Waals surface area contributed by atoms with Crippen LogP contribution in [0.25, 0.3) is 51.3 Å². The summed E-state index contributed by atoms with van der Waals surface area (Å²) in [7, 11) is 0. The smallest absolute Gasteiger partial charge is 0.0541 e. The summed E-state index contributed by atoms with van der Waals surface area (Å²) in [6, 6.07) is 43.5. The highest BCUT2D eigenvalue weighted by atomic mass is 15.0. The zero-order valence-corrected chi connectivity index (χ0v) is 19.2. The number of rotatable bonds is 2. The molecule has 0 amide bonds. The van der Waals surface area contributed by atoms with Gasteiger partial charge in [0.15, 0.2) is 0 Å². The molecular formula is C34H23N. The van der Waals surface area contributed by atoms with Gasteiger partial charge in [-0.25, -0.2) is 0 Å². The first-order chi connectivity index (χ1) is 17.4. The maximum Gasteiger partial charge on any atom is 0.0541 e. The molecule has 0 radical (unpaired) electrons. The van der Waals surface area contributed by atoms with Crippen molar-refractivity contribution in [1.82, 2.24) is 4.57 Å². The quantitative estimate of drug-likeness (QED) is 0.250. The van der Waals surface area contributed by atoms with Crippen LogP contribution < -0.4 is 0 Å². The molecule has 1 aliphatic rings. The summed E-state index contributed by atoms with van der Waals surface area (Å²) < 4.78 is 2.36. The molecule has 0 saturated carbocycles. The second-order valence-corrected chi connectivity index (χ2v) is 9.03. The van der Waals surface area contributed by atoms with Crippen LogP contribution in [0, 0.1) is 0 Å². The minimum Gasteiger partial charge on any atom is -0.309 e. The molecule has 5 aromatic carbocycles. The SMILES string of the molecule is C1=Cc2ccccc2C(=Cc2ccc(-n3c4ccccc4c4ccccc43)cc2)c2ccccc21. The molecule has 164 valence electrons. The predicted octanol–water partition coefficient (Wildman–Crippen LogP) is 8.86. The number of hydrogen-bond acceptors (Lipinski definition) is 0. The molecule has 0 bridgehead atoms. The van der Waals surface area contributed by atoms with Gasteiger partial charge >= 0.3 is 0 Å². The van der Waals surface area contributed by atoms with Crippen LogP contribution in [-0.2, 0) is 0 Å². The monoisotopic (exact) mass is 445 g/mol. The lowest BCUT2D eigenvalue weighted by Gasteiger charge is -2.13. The van der Waals surface area contributed by atoms with Crippen molar-refractivity contribution in [2.45, 2.75) is 0 Å². The van der Waals surface area contributed by atoms with Gasteiger partial charge in [0.1, 0.15) is 0 Å². The lowest BCUT2D eigenvalue weighted by molar-refractivity contribution is 1.18. The van der Waals surface area contributed by atoms with Crippen molar-refractivity contribution in [1.29, 1.82) is 0 Å². The number of nitrogens with zero attached hydrogens (tertiary/aromatic N) is 1. The Kier molecular flexibility index (Phi) is 4.53. The van der Waals surface area contributed by atoms with Crippen LogP contribution >= 0.6 is 0 Å². The molecule has 1 aliphatic carbocycles. The minimum absolute atomic E-state index is 1.17. The third-order valence-corrected chi connectivity index (χ3v) is 6.99. The van der Waals surface area contributed by atoms with Crippen LogP contribution in [0.15, 0.2) is 121 Å². The largest absolute Gasteiger partial charge is 0.309 e. The first kappa shape index (κ1) is 19.8. The Morgan fingerprint density at radius 1 is 0.457 bits per heavy atom. The van der Waals surface area contributed by atoms with Gasteiger partial charge in [0.25, 0.3) is 0 Å². The average molecular weight is 446 g/mol. The lowest BCUT2D eigenvalue weighted by Crippen LogP contribution is -1.94. The summed E-state index contributed by atoms with van der Waals surface area (Å²) in [6.07, 6.45) is 6.76. The minimum atomic E-state index is 1.17. The van der Waals surface area contributed by atoms with Crippen LogP contribution in [0.3, 0.4) is 0 Å². The Balaban J connectivity index is 1.38. The van der Waals surface area contributed by atoms with Crippen LogP contribution in [0.4, 0.5) is 0 Å². The van der Waals surface area contributed by atoms with Crippen molar-refractivity contribution in [2.75, 3.05) is 0 Å². The van der Waals surface area contributed by atoms with Crippen molar-refractivity contribution < 1.29 is 0 Å². The van der Waals surface area contributed by atoms with Crippen molar-refractivity contribution >= 4 is 45.6 Å². The Morgan fingerprint density at radius 3 is 1.51 bits per heavy atom. The van der Waals surface area contributed by atoms with E-state index in [0.717, 1.165) is 0 Å². The Labute approximate surface area is 204 Å². The molecule has 0 saturated heterocycles. The summed E-state index contributed by atoms with van der Waals surface area (Å²) in [5, 5.41) is 2.57. The Morgan fingerprint density at radius 2 is 0.943 bits per heavy atom. The van der Waals surface area contributed by atoms with E-state index in [4.69, 9.17) is 0 Å². The highest BCUT2D eigenvalue weighted by Crippen LogP contribution is 2.36. The molecule has 1 heteroatoms. The second-order valence-electron chi connectivity index (χ2n) is 9.03. The van der Waals surface area contributed by atoms with E-state index in [-0.39, 0.29) is 0 Å². The van der Waals surface area contributed by atoms with E-state index >= 15 is 0 Å². The normalized spacial score (nSPS) is 12.4. The maximum atomic E-state index is 2.36. The topological polar surface area (TPSA) is 4.93 Å². The third-order valence-electron chi connectivity index (χ3n) is 6.99. The molecule has 7 rings (SSSR count). The molecule has 1 aromatic heterocycles. The average Bonchev–Trinajstić information content (AvgIpc) is 3.17. The molecule has 1 nitrogen and oxygen atoms in total. The molecular weight excluding hydrogens is 422 g/mol. The Bertz CT molecular complexity index is 1670. The predicted molar refractivity (Wildman–Crippen MR) is 150 cm³/mol. The number of fused-ring (bicyclic) bond motifs is 5. The van der Waals surface area contributed by atoms with E-state index in [2.05, 4.69) is 144 Å². The van der Waals surface area contributed by atoms with Gasteiger partial charge in [-0.1, -0.05) is 109 Å². The fourth-order valence-electron chi connectivity index (χ4n) is 5.34. The zero-order valence-electron chi connectivity index (χ0n) is 19.2. The number of para-hydroxylation sites is 2. The first-order valence-electron chi connectivity index (χ1n) is 12.0. The molecule has 0 N–H and O–H groups in total. The first-order valence-corrected chi connectivity index (χ1v) is 12.0. The van der Waals surface area contributed by atoms with Gasteiger partial charge < -0.3 is 4.57 Å². The van der Waals surface area contributed by atoms with Crippen LogP contribution in [0.1, 0.15) is 27.8 Å². The molecule has 0 fully saturated rings. The summed E-state index contributed by atoms with van der Waals surface area (Å²) >= 11 is 0. The fraction of sp³-hybridized carbons (Fsp3) is 0. The van der Waals surface area contributed by atoms with Gasteiger partial charge in [-0.15, -0.1) is 0 Å².